The van der Waals surface area contributed by atoms with Crippen molar-refractivity contribution in [2.45, 2.75) is 32.2 Å². The van der Waals surface area contributed by atoms with Crippen LogP contribution in [0.25, 0.3) is 0 Å². The Labute approximate surface area is 101 Å². The molecule has 0 aliphatic carbocycles. The van der Waals surface area contributed by atoms with E-state index >= 15 is 0 Å². The van der Waals surface area contributed by atoms with Gasteiger partial charge in [0.1, 0.15) is 0 Å². The average Bonchev–Trinajstić information content (AvgIpc) is 2.24. The molecule has 1 aromatic carbocycles. The number of halogens is 1. The Balaban J connectivity index is 2.36. The van der Waals surface area contributed by atoms with Gasteiger partial charge < -0.3 is 4.74 Å². The molecule has 15 heavy (non-hydrogen) atoms. The molecular weight excluding hydrogens is 252 g/mol. The molecule has 0 heterocycles. The minimum Gasteiger partial charge on any atom is -0.377 e. The molecule has 1 rings (SSSR count). The predicted octanol–water partition coefficient (Wildman–Crippen LogP) is 4.14. The number of alkyl halides is 1. The highest BCUT2D eigenvalue weighted by atomic mass is 79.9. The van der Waals surface area contributed by atoms with Crippen molar-refractivity contribution in [1.29, 1.82) is 0 Å². The van der Waals surface area contributed by atoms with Crippen molar-refractivity contribution in [2.75, 3.05) is 6.61 Å². The highest BCUT2D eigenvalue weighted by Gasteiger charge is 2.00. The fourth-order valence-corrected chi connectivity index (χ4v) is 1.88. The van der Waals surface area contributed by atoms with Crippen molar-refractivity contribution >= 4 is 15.9 Å². The van der Waals surface area contributed by atoms with Gasteiger partial charge >= 0.3 is 0 Å². The van der Waals surface area contributed by atoms with Crippen LogP contribution in [0.1, 0.15) is 31.4 Å². The minimum absolute atomic E-state index is 0.719. The monoisotopic (exact) mass is 270 g/mol. The molecule has 2 heteroatoms. The van der Waals surface area contributed by atoms with Gasteiger partial charge in [0.25, 0.3) is 0 Å². The van der Waals surface area contributed by atoms with E-state index in [2.05, 4.69) is 54.0 Å². The van der Waals surface area contributed by atoms with E-state index in [4.69, 9.17) is 4.74 Å². The van der Waals surface area contributed by atoms with Crippen molar-refractivity contribution in [3.63, 3.8) is 0 Å². The summed E-state index contributed by atoms with van der Waals surface area (Å²) in [5.41, 5.74) is 2.61. The van der Waals surface area contributed by atoms with Crippen molar-refractivity contribution < 1.29 is 4.74 Å². The minimum atomic E-state index is 0.719. The van der Waals surface area contributed by atoms with Crippen LogP contribution in [0.4, 0.5) is 0 Å². The Morgan fingerprint density at radius 3 is 2.47 bits per heavy atom. The molecule has 0 aliphatic rings. The van der Waals surface area contributed by atoms with E-state index in [-0.39, 0.29) is 0 Å². The van der Waals surface area contributed by atoms with E-state index in [9.17, 15) is 0 Å². The molecule has 0 unspecified atom stereocenters. The standard InChI is InChI=1S/C13H19BrO/c1-11(2)7-8-15-10-13-6-4-3-5-12(13)9-14/h3-6,11H,7-10H2,1-2H3. The Morgan fingerprint density at radius 2 is 1.87 bits per heavy atom. The van der Waals surface area contributed by atoms with Gasteiger partial charge in [-0.15, -0.1) is 0 Å². The maximum absolute atomic E-state index is 5.65. The zero-order chi connectivity index (χ0) is 11.1. The van der Waals surface area contributed by atoms with Crippen molar-refractivity contribution in [2.24, 2.45) is 5.92 Å². The molecule has 1 nitrogen and oxygen atoms in total. The van der Waals surface area contributed by atoms with Crippen LogP contribution in [0.3, 0.4) is 0 Å². The molecule has 84 valence electrons. The van der Waals surface area contributed by atoms with Crippen LogP contribution in [0.2, 0.25) is 0 Å². The fraction of sp³-hybridized carbons (Fsp3) is 0.538. The Kier molecular flexibility index (Phi) is 5.96. The van der Waals surface area contributed by atoms with E-state index in [1.807, 2.05) is 0 Å². The van der Waals surface area contributed by atoms with Crippen LogP contribution in [0, 0.1) is 5.92 Å². The normalized spacial score (nSPS) is 10.9. The summed E-state index contributed by atoms with van der Waals surface area (Å²) in [7, 11) is 0. The van der Waals surface area contributed by atoms with Crippen LogP contribution in [-0.2, 0) is 16.7 Å². The molecule has 1 aromatic rings. The third-order valence-electron chi connectivity index (χ3n) is 2.36. The summed E-state index contributed by atoms with van der Waals surface area (Å²) in [5.74, 6) is 0.719. The van der Waals surface area contributed by atoms with Gasteiger partial charge in [-0.3, -0.25) is 0 Å². The summed E-state index contributed by atoms with van der Waals surface area (Å²) < 4.78 is 5.65. The number of benzene rings is 1. The molecule has 0 aliphatic heterocycles. The highest BCUT2D eigenvalue weighted by molar-refractivity contribution is 9.08. The lowest BCUT2D eigenvalue weighted by Crippen LogP contribution is -2.01. The highest BCUT2D eigenvalue weighted by Crippen LogP contribution is 2.13. The van der Waals surface area contributed by atoms with Gasteiger partial charge in [0.2, 0.25) is 0 Å². The van der Waals surface area contributed by atoms with Crippen LogP contribution < -0.4 is 0 Å². The SMILES string of the molecule is CC(C)CCOCc1ccccc1CBr. The van der Waals surface area contributed by atoms with Gasteiger partial charge in [0, 0.05) is 11.9 Å². The average molecular weight is 271 g/mol. The maximum Gasteiger partial charge on any atom is 0.0719 e. The maximum atomic E-state index is 5.65. The third-order valence-corrected chi connectivity index (χ3v) is 2.96. The first-order valence-corrected chi connectivity index (χ1v) is 6.56. The third kappa shape index (κ3) is 4.80. The van der Waals surface area contributed by atoms with Crippen molar-refractivity contribution in [3.8, 4) is 0 Å². The molecule has 0 aromatic heterocycles. The van der Waals surface area contributed by atoms with Gasteiger partial charge in [-0.1, -0.05) is 54.0 Å². The summed E-state index contributed by atoms with van der Waals surface area (Å²) >= 11 is 3.48. The quantitative estimate of drug-likeness (QED) is 0.558. The summed E-state index contributed by atoms with van der Waals surface area (Å²) in [4.78, 5) is 0. The second-order valence-electron chi connectivity index (χ2n) is 4.14. The predicted molar refractivity (Wildman–Crippen MR) is 68.2 cm³/mol. The lowest BCUT2D eigenvalue weighted by Gasteiger charge is -2.09. The van der Waals surface area contributed by atoms with E-state index in [1.54, 1.807) is 0 Å². The molecule has 0 saturated carbocycles. The van der Waals surface area contributed by atoms with Crippen LogP contribution >= 0.6 is 15.9 Å². The van der Waals surface area contributed by atoms with Crippen molar-refractivity contribution in [1.82, 2.24) is 0 Å². The number of ether oxygens (including phenoxy) is 1. The second kappa shape index (κ2) is 7.02. The molecule has 0 radical (unpaired) electrons. The summed E-state index contributed by atoms with van der Waals surface area (Å²) in [6.45, 7) is 6.02. The van der Waals surface area contributed by atoms with E-state index in [0.29, 0.717) is 0 Å². The van der Waals surface area contributed by atoms with Crippen molar-refractivity contribution in [3.05, 3.63) is 35.4 Å². The lowest BCUT2D eigenvalue weighted by atomic mass is 10.1. The first-order valence-electron chi connectivity index (χ1n) is 5.44. The molecule has 0 spiro atoms. The largest absolute Gasteiger partial charge is 0.377 e. The van der Waals surface area contributed by atoms with Gasteiger partial charge in [-0.05, 0) is 23.5 Å². The summed E-state index contributed by atoms with van der Waals surface area (Å²) in [6.07, 6.45) is 1.14. The Hall–Kier alpha value is -0.340. The first kappa shape index (κ1) is 12.7. The second-order valence-corrected chi connectivity index (χ2v) is 4.70. The van der Waals surface area contributed by atoms with Crippen LogP contribution in [-0.4, -0.2) is 6.61 Å². The Morgan fingerprint density at radius 1 is 1.20 bits per heavy atom. The van der Waals surface area contributed by atoms with Crippen LogP contribution in [0.15, 0.2) is 24.3 Å². The Bertz CT molecular complexity index is 284. The van der Waals surface area contributed by atoms with Gasteiger partial charge in [-0.2, -0.15) is 0 Å². The zero-order valence-electron chi connectivity index (χ0n) is 9.50. The topological polar surface area (TPSA) is 9.23 Å². The first-order chi connectivity index (χ1) is 7.24. The fourth-order valence-electron chi connectivity index (χ4n) is 1.33. The molecule has 0 saturated heterocycles. The number of hydrogen-bond donors (Lipinski definition) is 0. The number of rotatable bonds is 6. The zero-order valence-corrected chi connectivity index (χ0v) is 11.1. The van der Waals surface area contributed by atoms with Gasteiger partial charge in [0.05, 0.1) is 6.61 Å². The van der Waals surface area contributed by atoms with Gasteiger partial charge in [-0.25, -0.2) is 0 Å². The molecular formula is C13H19BrO. The molecule has 0 N–H and O–H groups in total. The van der Waals surface area contributed by atoms with E-state index in [1.165, 1.54) is 11.1 Å². The van der Waals surface area contributed by atoms with E-state index in [0.717, 1.165) is 30.9 Å². The molecule has 0 fully saturated rings. The number of hydrogen-bond acceptors (Lipinski definition) is 1. The smallest absolute Gasteiger partial charge is 0.0719 e. The van der Waals surface area contributed by atoms with Gasteiger partial charge in [0.15, 0.2) is 0 Å². The molecule has 0 bridgehead atoms. The lowest BCUT2D eigenvalue weighted by molar-refractivity contribution is 0.110. The molecule has 0 amide bonds. The summed E-state index contributed by atoms with van der Waals surface area (Å²) in [5, 5.41) is 0.900. The summed E-state index contributed by atoms with van der Waals surface area (Å²) in [6, 6.07) is 8.39. The molecule has 0 atom stereocenters. The van der Waals surface area contributed by atoms with Crippen LogP contribution in [0.5, 0.6) is 0 Å². The van der Waals surface area contributed by atoms with E-state index < -0.39 is 0 Å².